The van der Waals surface area contributed by atoms with Gasteiger partial charge >= 0.3 is 0 Å². The Balaban J connectivity index is 2.37. The maximum Gasteiger partial charge on any atom is 0.0354 e. The van der Waals surface area contributed by atoms with Gasteiger partial charge in [0.05, 0.1) is 0 Å². The van der Waals surface area contributed by atoms with E-state index in [-0.39, 0.29) is 0 Å². The van der Waals surface area contributed by atoms with Gasteiger partial charge in [0.1, 0.15) is 0 Å². The van der Waals surface area contributed by atoms with Crippen molar-refractivity contribution in [2.45, 2.75) is 19.8 Å². The van der Waals surface area contributed by atoms with Crippen LogP contribution >= 0.6 is 11.3 Å². The molecule has 0 unspecified atom stereocenters. The van der Waals surface area contributed by atoms with Gasteiger partial charge in [-0.15, -0.1) is 11.3 Å². The number of allylic oxidation sites excluding steroid dienone is 1. The van der Waals surface area contributed by atoms with Crippen LogP contribution in [0.5, 0.6) is 0 Å². The van der Waals surface area contributed by atoms with Crippen molar-refractivity contribution in [2.24, 2.45) is 0 Å². The maximum absolute atomic E-state index is 2.30. The van der Waals surface area contributed by atoms with E-state index in [2.05, 4.69) is 37.3 Å². The second kappa shape index (κ2) is 2.96. The zero-order valence-electron chi connectivity index (χ0n) is 8.21. The van der Waals surface area contributed by atoms with Crippen molar-refractivity contribution in [1.29, 1.82) is 0 Å². The predicted molar refractivity (Wildman–Crippen MR) is 63.9 cm³/mol. The third-order valence-corrected chi connectivity index (χ3v) is 3.97. The third-order valence-electron chi connectivity index (χ3n) is 2.81. The van der Waals surface area contributed by atoms with Crippen LogP contribution < -0.4 is 0 Å². The zero-order valence-corrected chi connectivity index (χ0v) is 9.03. The minimum absolute atomic E-state index is 1.20. The van der Waals surface area contributed by atoms with Gasteiger partial charge in [-0.2, -0.15) is 0 Å². The highest BCUT2D eigenvalue weighted by molar-refractivity contribution is 7.20. The first-order chi connectivity index (χ1) is 6.84. The van der Waals surface area contributed by atoms with Crippen LogP contribution in [0.4, 0.5) is 0 Å². The van der Waals surface area contributed by atoms with Crippen LogP contribution in [-0.4, -0.2) is 0 Å². The molecule has 0 radical (unpaired) electrons. The van der Waals surface area contributed by atoms with Gasteiger partial charge in [-0.05, 0) is 48.4 Å². The smallest absolute Gasteiger partial charge is 0.0354 e. The molecule has 14 heavy (non-hydrogen) atoms. The Kier molecular flexibility index (Phi) is 1.74. The quantitative estimate of drug-likeness (QED) is 0.598. The van der Waals surface area contributed by atoms with Crippen molar-refractivity contribution in [3.63, 3.8) is 0 Å². The van der Waals surface area contributed by atoms with Crippen LogP contribution in [0.1, 0.15) is 22.4 Å². The van der Waals surface area contributed by atoms with E-state index in [0.29, 0.717) is 0 Å². The maximum atomic E-state index is 2.30. The van der Waals surface area contributed by atoms with E-state index in [0.717, 1.165) is 0 Å². The van der Waals surface area contributed by atoms with Gasteiger partial charge in [0.25, 0.3) is 0 Å². The lowest BCUT2D eigenvalue weighted by atomic mass is 10.0. The molecule has 1 heteroatoms. The molecule has 0 bridgehead atoms. The lowest BCUT2D eigenvalue weighted by molar-refractivity contribution is 1.01. The Hall–Kier alpha value is -1.08. The third kappa shape index (κ3) is 1.12. The zero-order chi connectivity index (χ0) is 9.54. The highest BCUT2D eigenvalue weighted by Gasteiger charge is 2.11. The van der Waals surface area contributed by atoms with Crippen molar-refractivity contribution >= 4 is 27.5 Å². The molecule has 0 saturated carbocycles. The highest BCUT2D eigenvalue weighted by Crippen LogP contribution is 2.35. The lowest BCUT2D eigenvalue weighted by Crippen LogP contribution is -1.88. The first-order valence-electron chi connectivity index (χ1n) is 5.03. The van der Waals surface area contributed by atoms with E-state index >= 15 is 0 Å². The SMILES string of the molecule is Cc1ccc2c3c(sc2c1)C=CCC3. The molecule has 1 aromatic heterocycles. The number of thiophene rings is 1. The topological polar surface area (TPSA) is 0 Å². The average molecular weight is 200 g/mol. The van der Waals surface area contributed by atoms with Gasteiger partial charge in [-0.3, -0.25) is 0 Å². The fourth-order valence-electron chi connectivity index (χ4n) is 2.09. The monoisotopic (exact) mass is 200 g/mol. The van der Waals surface area contributed by atoms with Gasteiger partial charge in [-0.25, -0.2) is 0 Å². The van der Waals surface area contributed by atoms with Crippen molar-refractivity contribution in [1.82, 2.24) is 0 Å². The van der Waals surface area contributed by atoms with Crippen LogP contribution in [0.2, 0.25) is 0 Å². The second-order valence-corrected chi connectivity index (χ2v) is 4.97. The average Bonchev–Trinajstić information content (AvgIpc) is 2.54. The van der Waals surface area contributed by atoms with Crippen LogP contribution in [0.15, 0.2) is 24.3 Å². The Bertz CT molecular complexity index is 517. The Morgan fingerprint density at radius 3 is 3.14 bits per heavy atom. The number of hydrogen-bond acceptors (Lipinski definition) is 1. The van der Waals surface area contributed by atoms with Gasteiger partial charge < -0.3 is 0 Å². The molecular weight excluding hydrogens is 188 g/mol. The van der Waals surface area contributed by atoms with Gasteiger partial charge in [0.15, 0.2) is 0 Å². The lowest BCUT2D eigenvalue weighted by Gasteiger charge is -2.04. The first-order valence-corrected chi connectivity index (χ1v) is 5.85. The van der Waals surface area contributed by atoms with Crippen molar-refractivity contribution < 1.29 is 0 Å². The molecule has 70 valence electrons. The molecule has 0 fully saturated rings. The molecule has 0 atom stereocenters. The van der Waals surface area contributed by atoms with E-state index in [1.807, 2.05) is 11.3 Å². The number of fused-ring (bicyclic) bond motifs is 3. The molecule has 0 spiro atoms. The Labute approximate surface area is 87.9 Å². The Morgan fingerprint density at radius 2 is 2.21 bits per heavy atom. The van der Waals surface area contributed by atoms with E-state index in [4.69, 9.17) is 0 Å². The fourth-order valence-corrected chi connectivity index (χ4v) is 3.37. The summed E-state index contributed by atoms with van der Waals surface area (Å²) in [6.07, 6.45) is 6.98. The molecule has 0 aliphatic heterocycles. The molecule has 0 N–H and O–H groups in total. The summed E-state index contributed by atoms with van der Waals surface area (Å²) in [5.74, 6) is 0. The molecular formula is C13H12S. The van der Waals surface area contributed by atoms with Crippen molar-refractivity contribution in [3.8, 4) is 0 Å². The molecule has 0 amide bonds. The molecule has 1 heterocycles. The standard InChI is InChI=1S/C13H12S/c1-9-6-7-11-10-4-2-3-5-12(10)14-13(11)8-9/h3,5-8H,2,4H2,1H3. The van der Waals surface area contributed by atoms with Crippen LogP contribution in [0, 0.1) is 6.92 Å². The summed E-state index contributed by atoms with van der Waals surface area (Å²) in [6, 6.07) is 6.79. The van der Waals surface area contributed by atoms with E-state index in [1.54, 1.807) is 5.56 Å². The van der Waals surface area contributed by atoms with Crippen molar-refractivity contribution in [2.75, 3.05) is 0 Å². The van der Waals surface area contributed by atoms with Gasteiger partial charge in [-0.1, -0.05) is 18.2 Å². The molecule has 1 aliphatic carbocycles. The summed E-state index contributed by atoms with van der Waals surface area (Å²) in [5.41, 5.74) is 2.92. The molecule has 1 aromatic carbocycles. The molecule has 0 saturated heterocycles. The number of benzene rings is 1. The van der Waals surface area contributed by atoms with E-state index in [1.165, 1.54) is 33.4 Å². The van der Waals surface area contributed by atoms with Crippen LogP contribution in [-0.2, 0) is 6.42 Å². The fraction of sp³-hybridized carbons (Fsp3) is 0.231. The van der Waals surface area contributed by atoms with Crippen LogP contribution in [0.25, 0.3) is 16.2 Å². The number of hydrogen-bond donors (Lipinski definition) is 0. The summed E-state index contributed by atoms with van der Waals surface area (Å²) < 4.78 is 1.45. The minimum Gasteiger partial charge on any atom is -0.136 e. The molecule has 3 rings (SSSR count). The first kappa shape index (κ1) is 8.25. The summed E-state index contributed by atoms with van der Waals surface area (Å²) >= 11 is 1.93. The van der Waals surface area contributed by atoms with E-state index < -0.39 is 0 Å². The number of rotatable bonds is 0. The minimum atomic E-state index is 1.20. The van der Waals surface area contributed by atoms with E-state index in [9.17, 15) is 0 Å². The summed E-state index contributed by atoms with van der Waals surface area (Å²) in [4.78, 5) is 1.47. The molecule has 0 nitrogen and oxygen atoms in total. The Morgan fingerprint density at radius 1 is 1.29 bits per heavy atom. The van der Waals surface area contributed by atoms with Gasteiger partial charge in [0, 0.05) is 9.58 Å². The summed E-state index contributed by atoms with van der Waals surface area (Å²) in [6.45, 7) is 2.16. The molecule has 1 aliphatic rings. The van der Waals surface area contributed by atoms with Crippen molar-refractivity contribution in [3.05, 3.63) is 40.3 Å². The predicted octanol–water partition coefficient (Wildman–Crippen LogP) is 4.17. The van der Waals surface area contributed by atoms with Gasteiger partial charge in [0.2, 0.25) is 0 Å². The summed E-state index contributed by atoms with van der Waals surface area (Å²) in [5, 5.41) is 1.47. The molecule has 2 aromatic rings. The largest absolute Gasteiger partial charge is 0.136 e. The second-order valence-electron chi connectivity index (χ2n) is 3.89. The normalized spacial score (nSPS) is 14.6. The summed E-state index contributed by atoms with van der Waals surface area (Å²) in [7, 11) is 0. The highest BCUT2D eigenvalue weighted by atomic mass is 32.1. The number of aryl methyl sites for hydroxylation is 2. The van der Waals surface area contributed by atoms with Crippen LogP contribution in [0.3, 0.4) is 0 Å².